The molecule has 3 aliphatic rings. The van der Waals surface area contributed by atoms with E-state index in [9.17, 15) is 27.2 Å². The van der Waals surface area contributed by atoms with Crippen molar-refractivity contribution >= 4 is 23.3 Å². The van der Waals surface area contributed by atoms with Gasteiger partial charge in [0.2, 0.25) is 5.91 Å². The molecule has 6 rings (SSSR count). The van der Waals surface area contributed by atoms with Crippen molar-refractivity contribution in [3.05, 3.63) is 83.3 Å². The molecule has 1 aromatic heterocycles. The first kappa shape index (κ1) is 33.5. The summed E-state index contributed by atoms with van der Waals surface area (Å²) in [5.74, 6) is -2.08. The molecule has 0 radical (unpaired) electrons. The van der Waals surface area contributed by atoms with Gasteiger partial charge >= 0.3 is 6.18 Å². The molecule has 254 valence electrons. The van der Waals surface area contributed by atoms with Crippen molar-refractivity contribution in [3.8, 4) is 16.9 Å². The Balaban J connectivity index is 1.27. The Bertz CT molecular complexity index is 1700. The molecule has 8 nitrogen and oxygen atoms in total. The molecule has 3 aromatic rings. The van der Waals surface area contributed by atoms with Gasteiger partial charge in [-0.05, 0) is 72.7 Å². The number of rotatable bonds is 8. The van der Waals surface area contributed by atoms with Crippen LogP contribution in [0.2, 0.25) is 0 Å². The average molecular weight is 667 g/mol. The van der Waals surface area contributed by atoms with Crippen molar-refractivity contribution in [2.45, 2.75) is 38.9 Å². The number of amides is 2. The van der Waals surface area contributed by atoms with Gasteiger partial charge in [0, 0.05) is 42.5 Å². The number of methoxy groups -OCH3 is 1. The molecular formula is C36H38F4N4O4. The van der Waals surface area contributed by atoms with Crippen molar-refractivity contribution in [2.24, 2.45) is 23.7 Å². The molecule has 2 bridgehead atoms. The fourth-order valence-electron chi connectivity index (χ4n) is 7.29. The lowest BCUT2D eigenvalue weighted by Crippen LogP contribution is -2.48. The first-order valence-corrected chi connectivity index (χ1v) is 16.1. The Kier molecular flexibility index (Phi) is 9.46. The highest BCUT2D eigenvalue weighted by Crippen LogP contribution is 2.53. The minimum absolute atomic E-state index is 0.123. The van der Waals surface area contributed by atoms with E-state index in [4.69, 9.17) is 9.47 Å². The summed E-state index contributed by atoms with van der Waals surface area (Å²) in [6.07, 6.45) is 0.411. The van der Waals surface area contributed by atoms with Gasteiger partial charge in [0.15, 0.2) is 0 Å². The number of hydrogen-bond acceptors (Lipinski definition) is 6. The summed E-state index contributed by atoms with van der Waals surface area (Å²) in [6.45, 7) is 6.87. The second-order valence-corrected chi connectivity index (χ2v) is 12.8. The molecule has 48 heavy (non-hydrogen) atoms. The van der Waals surface area contributed by atoms with Crippen molar-refractivity contribution < 1.29 is 36.6 Å². The molecule has 2 N–H and O–H groups in total. The predicted molar refractivity (Wildman–Crippen MR) is 173 cm³/mol. The molecule has 1 aliphatic heterocycles. The summed E-state index contributed by atoms with van der Waals surface area (Å²) in [5, 5.41) is 5.68. The van der Waals surface area contributed by atoms with Crippen LogP contribution in [0.5, 0.6) is 5.75 Å². The van der Waals surface area contributed by atoms with E-state index in [2.05, 4.69) is 26.6 Å². The summed E-state index contributed by atoms with van der Waals surface area (Å²) in [7, 11) is 1.47. The molecular weight excluding hydrogens is 628 g/mol. The lowest BCUT2D eigenvalue weighted by molar-refractivity contribution is -0.140. The molecule has 2 heterocycles. The molecule has 2 amide bonds. The number of benzene rings is 2. The van der Waals surface area contributed by atoms with Crippen LogP contribution < -0.4 is 20.3 Å². The van der Waals surface area contributed by atoms with E-state index in [1.165, 1.54) is 7.11 Å². The summed E-state index contributed by atoms with van der Waals surface area (Å²) >= 11 is 0. The third kappa shape index (κ3) is 6.76. The highest BCUT2D eigenvalue weighted by atomic mass is 19.4. The zero-order valence-corrected chi connectivity index (χ0v) is 26.9. The number of pyridine rings is 1. The Morgan fingerprint density at radius 2 is 1.75 bits per heavy atom. The first-order valence-electron chi connectivity index (χ1n) is 16.1. The molecule has 1 saturated heterocycles. The van der Waals surface area contributed by atoms with Crippen LogP contribution >= 0.6 is 0 Å². The van der Waals surface area contributed by atoms with Gasteiger partial charge < -0.3 is 25.0 Å². The molecule has 2 saturated carbocycles. The van der Waals surface area contributed by atoms with Crippen molar-refractivity contribution in [3.63, 3.8) is 0 Å². The van der Waals surface area contributed by atoms with Gasteiger partial charge in [0.1, 0.15) is 17.4 Å². The number of anilines is 2. The number of ether oxygens (including phenoxy) is 2. The van der Waals surface area contributed by atoms with Crippen LogP contribution in [-0.4, -0.2) is 56.3 Å². The lowest BCUT2D eigenvalue weighted by Gasteiger charge is -2.30. The highest BCUT2D eigenvalue weighted by molar-refractivity contribution is 6.00. The van der Waals surface area contributed by atoms with E-state index >= 15 is 0 Å². The summed E-state index contributed by atoms with van der Waals surface area (Å²) in [4.78, 5) is 34.6. The number of hydrogen-bond donors (Lipinski definition) is 2. The number of fused-ring (bicyclic) bond motifs is 2. The number of nitrogens with zero attached hydrogens (tertiary/aromatic N) is 2. The summed E-state index contributed by atoms with van der Waals surface area (Å²) in [5.41, 5.74) is 1.27. The van der Waals surface area contributed by atoms with Gasteiger partial charge in [-0.15, -0.1) is 0 Å². The number of aromatic nitrogens is 1. The number of allylic oxidation sites excluding steroid dienone is 1. The molecule has 12 heteroatoms. The van der Waals surface area contributed by atoms with Crippen LogP contribution in [0.4, 0.5) is 29.1 Å². The third-order valence-corrected chi connectivity index (χ3v) is 9.42. The number of nitrogens with one attached hydrogen (secondary N) is 2. The smallest absolute Gasteiger partial charge is 0.419 e. The number of carbonyl (C=O) groups is 2. The predicted octanol–water partition coefficient (Wildman–Crippen LogP) is 6.73. The summed E-state index contributed by atoms with van der Waals surface area (Å²) < 4.78 is 65.1. The first-order chi connectivity index (χ1) is 22.9. The highest BCUT2D eigenvalue weighted by Gasteiger charge is 2.54. The zero-order valence-electron chi connectivity index (χ0n) is 26.9. The van der Waals surface area contributed by atoms with Gasteiger partial charge in [-0.3, -0.25) is 9.59 Å². The van der Waals surface area contributed by atoms with Gasteiger partial charge in [-0.1, -0.05) is 31.6 Å². The summed E-state index contributed by atoms with van der Waals surface area (Å²) in [6, 6.07) is 10.9. The molecule has 2 unspecified atom stereocenters. The molecule has 2 aliphatic carbocycles. The third-order valence-electron chi connectivity index (χ3n) is 9.42. The molecule has 0 spiro atoms. The van der Waals surface area contributed by atoms with Crippen LogP contribution in [0.25, 0.3) is 11.1 Å². The van der Waals surface area contributed by atoms with Crippen LogP contribution in [-0.2, 0) is 15.7 Å². The normalized spacial score (nSPS) is 23.1. The van der Waals surface area contributed by atoms with Crippen LogP contribution in [0, 0.1) is 29.5 Å². The second-order valence-electron chi connectivity index (χ2n) is 12.8. The lowest BCUT2D eigenvalue weighted by atomic mass is 9.83. The average Bonchev–Trinajstić information content (AvgIpc) is 3.58. The van der Waals surface area contributed by atoms with E-state index in [-0.39, 0.29) is 29.0 Å². The Morgan fingerprint density at radius 1 is 1.02 bits per heavy atom. The van der Waals surface area contributed by atoms with E-state index in [1.807, 2.05) is 32.0 Å². The number of morpholine rings is 1. The van der Waals surface area contributed by atoms with E-state index in [0.717, 1.165) is 48.1 Å². The molecule has 3 fully saturated rings. The van der Waals surface area contributed by atoms with E-state index in [0.29, 0.717) is 37.5 Å². The van der Waals surface area contributed by atoms with Crippen LogP contribution in [0.15, 0.2) is 66.4 Å². The van der Waals surface area contributed by atoms with Crippen molar-refractivity contribution in [1.29, 1.82) is 0 Å². The Labute approximate surface area is 276 Å². The zero-order chi connectivity index (χ0) is 34.2. The number of halogens is 4. The maximum absolute atomic E-state index is 14.0. The fraction of sp³-hybridized carbons (Fsp3) is 0.417. The quantitative estimate of drug-likeness (QED) is 0.205. The maximum Gasteiger partial charge on any atom is 0.419 e. The van der Waals surface area contributed by atoms with Crippen molar-refractivity contribution in [1.82, 2.24) is 10.3 Å². The van der Waals surface area contributed by atoms with Gasteiger partial charge in [0.25, 0.3) is 5.91 Å². The van der Waals surface area contributed by atoms with Crippen LogP contribution in [0.3, 0.4) is 0 Å². The topological polar surface area (TPSA) is 92.8 Å². The number of carbonyl (C=O) groups excluding carboxylic acids is 2. The Morgan fingerprint density at radius 3 is 2.42 bits per heavy atom. The maximum atomic E-state index is 14.0. The Hall–Kier alpha value is -4.45. The second kappa shape index (κ2) is 13.6. The van der Waals surface area contributed by atoms with Gasteiger partial charge in [-0.2, -0.15) is 13.2 Å². The molecule has 4 atom stereocenters. The van der Waals surface area contributed by atoms with E-state index in [1.54, 1.807) is 18.3 Å². The van der Waals surface area contributed by atoms with Crippen LogP contribution in [0.1, 0.15) is 42.6 Å². The largest absolute Gasteiger partial charge is 0.496 e. The SMILES string of the molecule is COc1ccc(-c2ccc(N3CCOCC3)nc2)cc1C(=O)N[C@@H]1C2CCC(/C2=C/C(C)C)[C@@H]1C(=O)Nc1ccc(F)c(C(F)(F)F)c1. The fourth-order valence-corrected chi connectivity index (χ4v) is 7.29. The van der Waals surface area contributed by atoms with Crippen molar-refractivity contribution in [2.75, 3.05) is 43.6 Å². The molecule has 2 aromatic carbocycles. The minimum atomic E-state index is -4.92. The minimum Gasteiger partial charge on any atom is -0.496 e. The van der Waals surface area contributed by atoms with Gasteiger partial charge in [-0.25, -0.2) is 9.37 Å². The van der Waals surface area contributed by atoms with Gasteiger partial charge in [0.05, 0.1) is 37.4 Å². The number of alkyl halides is 3. The van der Waals surface area contributed by atoms with E-state index < -0.39 is 41.3 Å². The standard InChI is InChI=1S/C36H38F4N4O4/c1-20(2)16-26-24-7-8-25(26)33(32(24)35(46)42-23-6-9-29(37)28(18-23)36(38,39)40)43-34(45)27-17-21(4-10-30(27)47-3)22-5-11-31(41-19-22)44-12-14-48-15-13-44/h4-6,9-11,16-20,24-25,32-33H,7-8,12-15H2,1-3H3,(H,42,46)(H,43,45)/b26-16-/t24?,25?,32-,33+/m0/s1. The monoisotopic (exact) mass is 666 g/mol.